The minimum absolute atomic E-state index is 0.0493. The third kappa shape index (κ3) is 3.71. The number of hydrogen-bond acceptors (Lipinski definition) is 2. The van der Waals surface area contributed by atoms with Crippen LogP contribution in [0.5, 0.6) is 0 Å². The first-order valence-electron chi connectivity index (χ1n) is 5.10. The molecule has 84 valence electrons. The van der Waals surface area contributed by atoms with Crippen molar-refractivity contribution in [1.29, 1.82) is 0 Å². The summed E-state index contributed by atoms with van der Waals surface area (Å²) in [5.41, 5.74) is 0.917. The highest BCUT2D eigenvalue weighted by Crippen LogP contribution is 2.31. The maximum Gasteiger partial charge on any atom is 0.0693 e. The van der Waals surface area contributed by atoms with Gasteiger partial charge in [-0.3, -0.25) is 0 Å². The number of halogens is 1. The predicted molar refractivity (Wildman–Crippen MR) is 67.5 cm³/mol. The van der Waals surface area contributed by atoms with Gasteiger partial charge >= 0.3 is 0 Å². The van der Waals surface area contributed by atoms with E-state index >= 15 is 0 Å². The van der Waals surface area contributed by atoms with Crippen molar-refractivity contribution >= 4 is 23.4 Å². The van der Waals surface area contributed by atoms with E-state index < -0.39 is 0 Å². The van der Waals surface area contributed by atoms with Crippen LogP contribution in [0.25, 0.3) is 0 Å². The number of aliphatic hydroxyl groups excluding tert-OH is 1. The molecule has 0 aromatic heterocycles. The zero-order valence-electron chi connectivity index (χ0n) is 9.33. The number of thioether (sulfide) groups is 1. The van der Waals surface area contributed by atoms with Gasteiger partial charge in [0.1, 0.15) is 0 Å². The van der Waals surface area contributed by atoms with Crippen LogP contribution in [0.2, 0.25) is 5.02 Å². The molecule has 0 spiro atoms. The van der Waals surface area contributed by atoms with Gasteiger partial charge < -0.3 is 5.11 Å². The van der Waals surface area contributed by atoms with Crippen LogP contribution in [-0.4, -0.2) is 10.4 Å². The zero-order valence-corrected chi connectivity index (χ0v) is 10.9. The molecule has 0 radical (unpaired) electrons. The lowest BCUT2D eigenvalue weighted by Crippen LogP contribution is -2.06. The van der Waals surface area contributed by atoms with E-state index in [4.69, 9.17) is 11.6 Å². The van der Waals surface area contributed by atoms with Gasteiger partial charge in [-0.15, -0.1) is 11.8 Å². The number of benzene rings is 1. The van der Waals surface area contributed by atoms with E-state index in [1.807, 2.05) is 18.2 Å². The van der Waals surface area contributed by atoms with Crippen molar-refractivity contribution in [2.45, 2.75) is 37.5 Å². The molecule has 1 aromatic rings. The number of hydrogen-bond donors (Lipinski definition) is 1. The van der Waals surface area contributed by atoms with Gasteiger partial charge in [-0.1, -0.05) is 32.4 Å². The molecule has 1 atom stereocenters. The van der Waals surface area contributed by atoms with Crippen molar-refractivity contribution in [2.24, 2.45) is 5.92 Å². The molecule has 1 aromatic carbocycles. The lowest BCUT2D eigenvalue weighted by Gasteiger charge is -2.16. The molecule has 1 rings (SSSR count). The zero-order chi connectivity index (χ0) is 11.4. The molecule has 1 N–H and O–H groups in total. The molecule has 0 fully saturated rings. The molecule has 0 bridgehead atoms. The van der Waals surface area contributed by atoms with Gasteiger partial charge in [0.25, 0.3) is 0 Å². The average Bonchev–Trinajstić information content (AvgIpc) is 2.20. The first-order valence-corrected chi connectivity index (χ1v) is 6.36. The Bertz CT molecular complexity index is 325. The third-order valence-electron chi connectivity index (χ3n) is 2.44. The van der Waals surface area contributed by atoms with E-state index in [2.05, 4.69) is 20.8 Å². The largest absolute Gasteiger partial charge is 0.392 e. The van der Waals surface area contributed by atoms with Gasteiger partial charge in [0.2, 0.25) is 0 Å². The van der Waals surface area contributed by atoms with Crippen LogP contribution in [0.1, 0.15) is 26.3 Å². The maximum absolute atomic E-state index is 9.22. The summed E-state index contributed by atoms with van der Waals surface area (Å²) in [6.45, 7) is 6.65. The first kappa shape index (κ1) is 12.9. The van der Waals surface area contributed by atoms with Crippen LogP contribution in [0.3, 0.4) is 0 Å². The molecular weight excluding hydrogens is 228 g/mol. The van der Waals surface area contributed by atoms with E-state index in [1.54, 1.807) is 11.8 Å². The standard InChI is InChI=1S/C12H17ClOS/c1-8(2)9(3)15-12-5-4-11(13)6-10(12)7-14/h4-6,8-9,14H,7H2,1-3H3. The van der Waals surface area contributed by atoms with E-state index in [0.717, 1.165) is 10.5 Å². The first-order chi connectivity index (χ1) is 7.04. The van der Waals surface area contributed by atoms with Crippen molar-refractivity contribution in [1.82, 2.24) is 0 Å². The summed E-state index contributed by atoms with van der Waals surface area (Å²) in [5, 5.41) is 10.4. The summed E-state index contributed by atoms with van der Waals surface area (Å²) in [5.74, 6) is 0.622. The second kappa shape index (κ2) is 5.78. The average molecular weight is 245 g/mol. The van der Waals surface area contributed by atoms with Crippen LogP contribution < -0.4 is 0 Å². The fourth-order valence-corrected chi connectivity index (χ4v) is 2.41. The van der Waals surface area contributed by atoms with Crippen molar-refractivity contribution in [3.8, 4) is 0 Å². The molecule has 0 saturated carbocycles. The predicted octanol–water partition coefficient (Wildman–Crippen LogP) is 3.97. The highest BCUT2D eigenvalue weighted by Gasteiger charge is 2.11. The van der Waals surface area contributed by atoms with E-state index in [-0.39, 0.29) is 6.61 Å². The summed E-state index contributed by atoms with van der Waals surface area (Å²) < 4.78 is 0. The second-order valence-electron chi connectivity index (χ2n) is 3.98. The molecule has 0 aliphatic carbocycles. The third-order valence-corrected chi connectivity index (χ3v) is 4.25. The Balaban J connectivity index is 2.84. The van der Waals surface area contributed by atoms with Gasteiger partial charge in [0.15, 0.2) is 0 Å². The summed E-state index contributed by atoms with van der Waals surface area (Å²) in [4.78, 5) is 1.13. The second-order valence-corrected chi connectivity index (χ2v) is 5.83. The molecule has 0 heterocycles. The Morgan fingerprint density at radius 3 is 2.53 bits per heavy atom. The smallest absolute Gasteiger partial charge is 0.0693 e. The molecule has 0 aliphatic heterocycles. The summed E-state index contributed by atoms with van der Waals surface area (Å²) in [6.07, 6.45) is 0. The fraction of sp³-hybridized carbons (Fsp3) is 0.500. The highest BCUT2D eigenvalue weighted by molar-refractivity contribution is 8.00. The highest BCUT2D eigenvalue weighted by atomic mass is 35.5. The number of aliphatic hydroxyl groups is 1. The molecule has 0 amide bonds. The summed E-state index contributed by atoms with van der Waals surface area (Å²) >= 11 is 7.67. The SMILES string of the molecule is CC(C)C(C)Sc1ccc(Cl)cc1CO. The Morgan fingerprint density at radius 1 is 1.33 bits per heavy atom. The van der Waals surface area contributed by atoms with Crippen molar-refractivity contribution in [3.63, 3.8) is 0 Å². The summed E-state index contributed by atoms with van der Waals surface area (Å²) in [7, 11) is 0. The van der Waals surface area contributed by atoms with Gasteiger partial charge in [0.05, 0.1) is 6.61 Å². The molecule has 0 aliphatic rings. The molecule has 0 saturated heterocycles. The Morgan fingerprint density at radius 2 is 2.00 bits per heavy atom. The fourth-order valence-electron chi connectivity index (χ4n) is 1.12. The topological polar surface area (TPSA) is 20.2 Å². The molecule has 3 heteroatoms. The van der Waals surface area contributed by atoms with E-state index in [9.17, 15) is 5.11 Å². The maximum atomic E-state index is 9.22. The monoisotopic (exact) mass is 244 g/mol. The normalized spacial score (nSPS) is 13.2. The quantitative estimate of drug-likeness (QED) is 0.809. The Kier molecular flexibility index (Phi) is 4.97. The van der Waals surface area contributed by atoms with Gasteiger partial charge in [0, 0.05) is 15.2 Å². The molecular formula is C12H17ClOS. The van der Waals surface area contributed by atoms with Crippen LogP contribution in [-0.2, 0) is 6.61 Å². The van der Waals surface area contributed by atoms with E-state index in [1.165, 1.54) is 0 Å². The Hall–Kier alpha value is -0.180. The van der Waals surface area contributed by atoms with Crippen LogP contribution in [0, 0.1) is 5.92 Å². The van der Waals surface area contributed by atoms with Gasteiger partial charge in [-0.05, 0) is 29.7 Å². The molecule has 1 nitrogen and oxygen atoms in total. The van der Waals surface area contributed by atoms with Crippen molar-refractivity contribution < 1.29 is 5.11 Å². The minimum atomic E-state index is 0.0493. The van der Waals surface area contributed by atoms with Crippen molar-refractivity contribution in [2.75, 3.05) is 0 Å². The van der Waals surface area contributed by atoms with E-state index in [0.29, 0.717) is 16.2 Å². The van der Waals surface area contributed by atoms with Gasteiger partial charge in [-0.25, -0.2) is 0 Å². The van der Waals surface area contributed by atoms with Crippen molar-refractivity contribution in [3.05, 3.63) is 28.8 Å². The summed E-state index contributed by atoms with van der Waals surface area (Å²) in [6, 6.07) is 5.68. The lowest BCUT2D eigenvalue weighted by atomic mass is 10.2. The number of rotatable bonds is 4. The van der Waals surface area contributed by atoms with Crippen LogP contribution in [0.4, 0.5) is 0 Å². The molecule has 1 unspecified atom stereocenters. The lowest BCUT2D eigenvalue weighted by molar-refractivity contribution is 0.279. The Labute approximate surface area is 101 Å². The van der Waals surface area contributed by atoms with Gasteiger partial charge in [-0.2, -0.15) is 0 Å². The van der Waals surface area contributed by atoms with Crippen LogP contribution >= 0.6 is 23.4 Å². The molecule has 15 heavy (non-hydrogen) atoms. The van der Waals surface area contributed by atoms with Crippen LogP contribution in [0.15, 0.2) is 23.1 Å². The minimum Gasteiger partial charge on any atom is -0.392 e.